The van der Waals surface area contributed by atoms with Gasteiger partial charge in [0.25, 0.3) is 0 Å². The van der Waals surface area contributed by atoms with Gasteiger partial charge in [0.05, 0.1) is 20.8 Å². The highest BCUT2D eigenvalue weighted by Gasteiger charge is 2.22. The van der Waals surface area contributed by atoms with Crippen molar-refractivity contribution in [2.75, 3.05) is 32.6 Å². The molecule has 0 saturated carbocycles. The predicted octanol–water partition coefficient (Wildman–Crippen LogP) is 3.82. The van der Waals surface area contributed by atoms with Gasteiger partial charge in [0, 0.05) is 18.8 Å². The summed E-state index contributed by atoms with van der Waals surface area (Å²) in [7, 11) is 3.27. The summed E-state index contributed by atoms with van der Waals surface area (Å²) in [5.41, 5.74) is 4.60. The Morgan fingerprint density at radius 2 is 1.70 bits per heavy atom. The van der Waals surface area contributed by atoms with Gasteiger partial charge >= 0.3 is 0 Å². The number of amides is 1. The van der Waals surface area contributed by atoms with E-state index in [9.17, 15) is 4.79 Å². The van der Waals surface area contributed by atoms with E-state index in [0.29, 0.717) is 24.8 Å². The summed E-state index contributed by atoms with van der Waals surface area (Å²) >= 11 is 0. The topological polar surface area (TPSA) is 50.8 Å². The Balaban J connectivity index is 1.62. The van der Waals surface area contributed by atoms with E-state index in [1.807, 2.05) is 29.2 Å². The Labute approximate surface area is 161 Å². The molecule has 5 heteroatoms. The van der Waals surface area contributed by atoms with Crippen molar-refractivity contribution in [3.05, 3.63) is 53.1 Å². The Morgan fingerprint density at radius 1 is 1.07 bits per heavy atom. The van der Waals surface area contributed by atoms with Crippen molar-refractivity contribution in [3.63, 3.8) is 0 Å². The second-order valence-corrected chi connectivity index (χ2v) is 7.17. The van der Waals surface area contributed by atoms with Gasteiger partial charge in [0.2, 0.25) is 5.91 Å². The van der Waals surface area contributed by atoms with Crippen molar-refractivity contribution in [1.82, 2.24) is 4.90 Å². The first-order chi connectivity index (χ1) is 13.0. The molecule has 1 heterocycles. The molecule has 0 atom stereocenters. The van der Waals surface area contributed by atoms with Gasteiger partial charge in [-0.15, -0.1) is 0 Å². The highest BCUT2D eigenvalue weighted by Crippen LogP contribution is 2.33. The molecule has 0 spiro atoms. The molecule has 1 N–H and O–H groups in total. The standard InChI is InChI=1S/C22H28N2O3/c1-15(2)16-5-7-19(8-6-16)23-13-22(25)24-10-9-17-11-20(26-3)21(27-4)12-18(17)14-24/h5-8,11-12,15,23H,9-10,13-14H2,1-4H3. The third-order valence-electron chi connectivity index (χ3n) is 5.09. The van der Waals surface area contributed by atoms with Crippen molar-refractivity contribution >= 4 is 11.6 Å². The molecule has 2 aromatic carbocycles. The maximum atomic E-state index is 12.6. The minimum absolute atomic E-state index is 0.100. The lowest BCUT2D eigenvalue weighted by Crippen LogP contribution is -2.39. The number of fused-ring (bicyclic) bond motifs is 1. The number of carbonyl (C=O) groups excluding carboxylic acids is 1. The molecular formula is C22H28N2O3. The summed E-state index contributed by atoms with van der Waals surface area (Å²) in [6, 6.07) is 12.3. The Bertz CT molecular complexity index is 800. The fourth-order valence-corrected chi connectivity index (χ4v) is 3.37. The van der Waals surface area contributed by atoms with Crippen LogP contribution in [0.2, 0.25) is 0 Å². The highest BCUT2D eigenvalue weighted by atomic mass is 16.5. The van der Waals surface area contributed by atoms with Crippen LogP contribution in [0.1, 0.15) is 36.5 Å². The Morgan fingerprint density at radius 3 is 2.30 bits per heavy atom. The largest absolute Gasteiger partial charge is 0.493 e. The SMILES string of the molecule is COc1cc2c(cc1OC)CN(C(=O)CNc1ccc(C(C)C)cc1)CC2. The third-order valence-corrected chi connectivity index (χ3v) is 5.09. The van der Waals surface area contributed by atoms with E-state index in [1.54, 1.807) is 14.2 Å². The smallest absolute Gasteiger partial charge is 0.242 e. The molecule has 3 rings (SSSR count). The summed E-state index contributed by atoms with van der Waals surface area (Å²) in [6.07, 6.45) is 0.824. The summed E-state index contributed by atoms with van der Waals surface area (Å²) < 4.78 is 10.8. The van der Waals surface area contributed by atoms with Gasteiger partial charge in [-0.3, -0.25) is 4.79 Å². The summed E-state index contributed by atoms with van der Waals surface area (Å²) in [6.45, 7) is 5.96. The average molecular weight is 368 g/mol. The minimum atomic E-state index is 0.100. The van der Waals surface area contributed by atoms with Gasteiger partial charge in [-0.1, -0.05) is 26.0 Å². The van der Waals surface area contributed by atoms with Crippen LogP contribution in [-0.4, -0.2) is 38.1 Å². The average Bonchev–Trinajstić information content (AvgIpc) is 2.70. The molecule has 5 nitrogen and oxygen atoms in total. The Hall–Kier alpha value is -2.69. The molecule has 0 bridgehead atoms. The maximum Gasteiger partial charge on any atom is 0.242 e. The van der Waals surface area contributed by atoms with E-state index >= 15 is 0 Å². The zero-order valence-corrected chi connectivity index (χ0v) is 16.5. The van der Waals surface area contributed by atoms with Crippen LogP contribution in [0.25, 0.3) is 0 Å². The predicted molar refractivity (Wildman–Crippen MR) is 108 cm³/mol. The number of hydrogen-bond acceptors (Lipinski definition) is 4. The van der Waals surface area contributed by atoms with Crippen molar-refractivity contribution in [2.24, 2.45) is 0 Å². The lowest BCUT2D eigenvalue weighted by molar-refractivity contribution is -0.130. The molecule has 0 fully saturated rings. The highest BCUT2D eigenvalue weighted by molar-refractivity contribution is 5.81. The maximum absolute atomic E-state index is 12.6. The van der Waals surface area contributed by atoms with Gasteiger partial charge in [0.1, 0.15) is 0 Å². The second-order valence-electron chi connectivity index (χ2n) is 7.17. The summed E-state index contributed by atoms with van der Waals surface area (Å²) in [5, 5.41) is 3.24. The molecule has 144 valence electrons. The molecule has 1 aliphatic rings. The second kappa shape index (κ2) is 8.33. The first-order valence-electron chi connectivity index (χ1n) is 9.37. The van der Waals surface area contributed by atoms with Gasteiger partial charge in [0.15, 0.2) is 11.5 Å². The fourth-order valence-electron chi connectivity index (χ4n) is 3.37. The lowest BCUT2D eigenvalue weighted by Gasteiger charge is -2.30. The first-order valence-corrected chi connectivity index (χ1v) is 9.37. The van der Waals surface area contributed by atoms with Crippen LogP contribution in [0, 0.1) is 0 Å². The van der Waals surface area contributed by atoms with Crippen molar-refractivity contribution in [1.29, 1.82) is 0 Å². The third kappa shape index (κ3) is 4.35. The zero-order chi connectivity index (χ0) is 19.4. The first kappa shape index (κ1) is 19.1. The van der Waals surface area contributed by atoms with Gasteiger partial charge < -0.3 is 19.7 Å². The molecule has 27 heavy (non-hydrogen) atoms. The van der Waals surface area contributed by atoms with Crippen LogP contribution in [-0.2, 0) is 17.8 Å². The van der Waals surface area contributed by atoms with E-state index in [-0.39, 0.29) is 5.91 Å². The number of rotatable bonds is 6. The number of hydrogen-bond donors (Lipinski definition) is 1. The Kier molecular flexibility index (Phi) is 5.89. The molecular weight excluding hydrogens is 340 g/mol. The number of nitrogens with one attached hydrogen (secondary N) is 1. The molecule has 2 aromatic rings. The molecule has 0 aliphatic carbocycles. The number of anilines is 1. The van der Waals surface area contributed by atoms with E-state index in [4.69, 9.17) is 9.47 Å². The van der Waals surface area contributed by atoms with Crippen LogP contribution in [0.3, 0.4) is 0 Å². The number of carbonyl (C=O) groups is 1. The van der Waals surface area contributed by atoms with Crippen LogP contribution in [0.15, 0.2) is 36.4 Å². The van der Waals surface area contributed by atoms with E-state index < -0.39 is 0 Å². The van der Waals surface area contributed by atoms with Crippen molar-refractivity contribution < 1.29 is 14.3 Å². The fraction of sp³-hybridized carbons (Fsp3) is 0.409. The summed E-state index contributed by atoms with van der Waals surface area (Å²) in [4.78, 5) is 14.5. The van der Waals surface area contributed by atoms with Crippen LogP contribution >= 0.6 is 0 Å². The lowest BCUT2D eigenvalue weighted by atomic mass is 9.98. The molecule has 1 amide bonds. The van der Waals surface area contributed by atoms with Gasteiger partial charge in [-0.2, -0.15) is 0 Å². The minimum Gasteiger partial charge on any atom is -0.493 e. The number of methoxy groups -OCH3 is 2. The molecule has 0 radical (unpaired) electrons. The van der Waals surface area contributed by atoms with E-state index in [0.717, 1.165) is 30.0 Å². The molecule has 0 unspecified atom stereocenters. The molecule has 0 aromatic heterocycles. The van der Waals surface area contributed by atoms with E-state index in [2.05, 4.69) is 31.3 Å². The number of ether oxygens (including phenoxy) is 2. The van der Waals surface area contributed by atoms with Crippen LogP contribution in [0.5, 0.6) is 11.5 Å². The zero-order valence-electron chi connectivity index (χ0n) is 16.5. The number of nitrogens with zero attached hydrogens (tertiary/aromatic N) is 1. The quantitative estimate of drug-likeness (QED) is 0.842. The number of benzene rings is 2. The normalized spacial score (nSPS) is 13.3. The molecule has 0 saturated heterocycles. The van der Waals surface area contributed by atoms with Crippen LogP contribution in [0.4, 0.5) is 5.69 Å². The van der Waals surface area contributed by atoms with Gasteiger partial charge in [-0.25, -0.2) is 0 Å². The van der Waals surface area contributed by atoms with Crippen LogP contribution < -0.4 is 14.8 Å². The van der Waals surface area contributed by atoms with Crippen molar-refractivity contribution in [3.8, 4) is 11.5 Å². The van der Waals surface area contributed by atoms with Gasteiger partial charge in [-0.05, 0) is 53.3 Å². The molecule has 1 aliphatic heterocycles. The summed E-state index contributed by atoms with van der Waals surface area (Å²) in [5.74, 6) is 2.05. The van der Waals surface area contributed by atoms with Crippen molar-refractivity contribution in [2.45, 2.75) is 32.7 Å². The van der Waals surface area contributed by atoms with E-state index in [1.165, 1.54) is 11.1 Å². The monoisotopic (exact) mass is 368 g/mol.